The third-order valence-corrected chi connectivity index (χ3v) is 2.59. The van der Waals surface area contributed by atoms with E-state index in [0.29, 0.717) is 11.1 Å². The van der Waals surface area contributed by atoms with Crippen LogP contribution in [0.3, 0.4) is 0 Å². The predicted molar refractivity (Wildman–Crippen MR) is 56.6 cm³/mol. The normalized spacial score (nSPS) is 15.7. The number of aryl methyl sites for hydroxylation is 2. The lowest BCUT2D eigenvalue weighted by molar-refractivity contribution is -0.210. The number of phenolic OH excluding ortho intramolecular Hbond substituents is 1. The molecule has 0 bridgehead atoms. The molecule has 0 unspecified atom stereocenters. The van der Waals surface area contributed by atoms with Gasteiger partial charge in [-0.3, -0.25) is 0 Å². The number of alkyl halides is 3. The number of benzene rings is 1. The fraction of sp³-hybridized carbons (Fsp3) is 0.455. The number of aliphatic hydroxyl groups excluding tert-OH is 1. The summed E-state index contributed by atoms with van der Waals surface area (Å²) in [6.45, 7) is 3.07. The molecule has 0 heterocycles. The van der Waals surface area contributed by atoms with E-state index in [1.807, 2.05) is 0 Å². The van der Waals surface area contributed by atoms with Crippen LogP contribution in [-0.4, -0.2) is 22.5 Å². The largest absolute Gasteiger partial charge is 0.508 e. The zero-order valence-corrected chi connectivity index (χ0v) is 9.42. The minimum absolute atomic E-state index is 0.0440. The van der Waals surface area contributed by atoms with Crippen LogP contribution in [-0.2, 0) is 0 Å². The summed E-state index contributed by atoms with van der Waals surface area (Å²) in [7, 11) is 0. The average molecular weight is 249 g/mol. The maximum Gasteiger partial charge on any atom is 0.416 e. The lowest BCUT2D eigenvalue weighted by Crippen LogP contribution is -2.39. The van der Waals surface area contributed by atoms with Crippen molar-refractivity contribution in [3.8, 4) is 5.75 Å². The van der Waals surface area contributed by atoms with Gasteiger partial charge in [0.2, 0.25) is 0 Å². The molecule has 0 fully saturated rings. The molecule has 0 radical (unpaired) electrons. The number of hydrogen-bond acceptors (Lipinski definition) is 3. The summed E-state index contributed by atoms with van der Waals surface area (Å²) in [5, 5.41) is 18.4. The number of rotatable bonds is 2. The molecule has 0 saturated carbocycles. The van der Waals surface area contributed by atoms with E-state index in [2.05, 4.69) is 0 Å². The Hall–Kier alpha value is -1.27. The molecule has 1 aromatic carbocycles. The van der Waals surface area contributed by atoms with E-state index in [1.165, 1.54) is 26.0 Å². The molecule has 0 amide bonds. The van der Waals surface area contributed by atoms with Gasteiger partial charge in [0, 0.05) is 0 Å². The van der Waals surface area contributed by atoms with Crippen LogP contribution in [0.15, 0.2) is 12.1 Å². The Morgan fingerprint density at radius 3 is 1.94 bits per heavy atom. The summed E-state index contributed by atoms with van der Waals surface area (Å²) >= 11 is 0. The van der Waals surface area contributed by atoms with Gasteiger partial charge in [0.05, 0.1) is 6.04 Å². The number of phenols is 1. The highest BCUT2D eigenvalue weighted by atomic mass is 19.4. The van der Waals surface area contributed by atoms with E-state index < -0.39 is 18.3 Å². The van der Waals surface area contributed by atoms with Crippen molar-refractivity contribution >= 4 is 0 Å². The number of hydrogen-bond donors (Lipinski definition) is 3. The number of aromatic hydroxyl groups is 1. The number of aliphatic hydroxyl groups is 1. The Kier molecular flexibility index (Phi) is 3.68. The molecule has 2 atom stereocenters. The van der Waals surface area contributed by atoms with Gasteiger partial charge in [-0.2, -0.15) is 13.2 Å². The standard InChI is InChI=1S/C11H14F3NO2/c1-5-3-7(16)4-6(2)8(5)9(15)10(17)11(12,13)14/h3-4,9-10,16-17H,15H2,1-2H3/t9-,10-/m0/s1. The Bertz CT molecular complexity index is 395. The molecular weight excluding hydrogens is 235 g/mol. The van der Waals surface area contributed by atoms with Gasteiger partial charge in [-0.15, -0.1) is 0 Å². The van der Waals surface area contributed by atoms with E-state index >= 15 is 0 Å². The van der Waals surface area contributed by atoms with Gasteiger partial charge < -0.3 is 15.9 Å². The van der Waals surface area contributed by atoms with Crippen LogP contribution in [0.4, 0.5) is 13.2 Å². The quantitative estimate of drug-likeness (QED) is 0.750. The molecule has 1 aromatic rings. The second-order valence-corrected chi connectivity index (χ2v) is 4.01. The third kappa shape index (κ3) is 2.89. The molecule has 3 nitrogen and oxygen atoms in total. The summed E-state index contributed by atoms with van der Waals surface area (Å²) in [5.74, 6) is -0.0440. The first-order chi connectivity index (χ1) is 7.64. The van der Waals surface area contributed by atoms with Gasteiger partial charge in [0.15, 0.2) is 6.10 Å². The molecule has 6 heteroatoms. The van der Waals surface area contributed by atoms with Gasteiger partial charge in [0.1, 0.15) is 5.75 Å². The number of halogens is 3. The molecule has 0 aliphatic carbocycles. The van der Waals surface area contributed by atoms with Crippen molar-refractivity contribution in [3.63, 3.8) is 0 Å². The van der Waals surface area contributed by atoms with E-state index in [4.69, 9.17) is 10.8 Å². The summed E-state index contributed by atoms with van der Waals surface area (Å²) in [4.78, 5) is 0. The molecule has 1 rings (SSSR count). The van der Waals surface area contributed by atoms with Gasteiger partial charge in [0.25, 0.3) is 0 Å². The van der Waals surface area contributed by atoms with Crippen LogP contribution in [0, 0.1) is 13.8 Å². The van der Waals surface area contributed by atoms with Crippen LogP contribution in [0.25, 0.3) is 0 Å². The summed E-state index contributed by atoms with van der Waals surface area (Å²) in [6, 6.07) is 1.06. The highest BCUT2D eigenvalue weighted by Gasteiger charge is 2.43. The fourth-order valence-electron chi connectivity index (χ4n) is 1.84. The van der Waals surface area contributed by atoms with Crippen molar-refractivity contribution in [1.29, 1.82) is 0 Å². The van der Waals surface area contributed by atoms with Crippen molar-refractivity contribution in [1.82, 2.24) is 0 Å². The lowest BCUT2D eigenvalue weighted by atomic mass is 9.93. The zero-order chi connectivity index (χ0) is 13.4. The van der Waals surface area contributed by atoms with Crippen molar-refractivity contribution in [3.05, 3.63) is 28.8 Å². The topological polar surface area (TPSA) is 66.5 Å². The van der Waals surface area contributed by atoms with Crippen LogP contribution < -0.4 is 5.73 Å². The van der Waals surface area contributed by atoms with Gasteiger partial charge in [-0.25, -0.2) is 0 Å². The first-order valence-corrected chi connectivity index (χ1v) is 4.95. The smallest absolute Gasteiger partial charge is 0.416 e. The first-order valence-electron chi connectivity index (χ1n) is 4.95. The first kappa shape index (κ1) is 13.8. The average Bonchev–Trinajstić information content (AvgIpc) is 2.13. The Morgan fingerprint density at radius 1 is 1.18 bits per heavy atom. The van der Waals surface area contributed by atoms with Gasteiger partial charge >= 0.3 is 6.18 Å². The van der Waals surface area contributed by atoms with Crippen molar-refractivity contribution in [2.75, 3.05) is 0 Å². The van der Waals surface area contributed by atoms with Crippen LogP contribution in [0.2, 0.25) is 0 Å². The molecule has 0 aliphatic heterocycles. The maximum atomic E-state index is 12.3. The molecule has 0 spiro atoms. The molecule has 4 N–H and O–H groups in total. The van der Waals surface area contributed by atoms with E-state index in [9.17, 15) is 18.3 Å². The molecule has 0 aliphatic rings. The zero-order valence-electron chi connectivity index (χ0n) is 9.42. The Balaban J connectivity index is 3.17. The lowest BCUT2D eigenvalue weighted by Gasteiger charge is -2.24. The van der Waals surface area contributed by atoms with E-state index in [-0.39, 0.29) is 11.3 Å². The summed E-state index contributed by atoms with van der Waals surface area (Å²) in [5.41, 5.74) is 6.46. The van der Waals surface area contributed by atoms with Crippen LogP contribution >= 0.6 is 0 Å². The molecule has 17 heavy (non-hydrogen) atoms. The highest BCUT2D eigenvalue weighted by Crippen LogP contribution is 2.33. The third-order valence-electron chi connectivity index (χ3n) is 2.59. The number of nitrogens with two attached hydrogens (primary N) is 1. The van der Waals surface area contributed by atoms with Crippen molar-refractivity contribution in [2.24, 2.45) is 5.73 Å². The SMILES string of the molecule is Cc1cc(O)cc(C)c1[C@H](N)[C@H](O)C(F)(F)F. The van der Waals surface area contributed by atoms with Gasteiger partial charge in [-0.1, -0.05) is 0 Å². The van der Waals surface area contributed by atoms with Crippen LogP contribution in [0.1, 0.15) is 22.7 Å². The molecule has 0 saturated heterocycles. The molecular formula is C11H14F3NO2. The van der Waals surface area contributed by atoms with Gasteiger partial charge in [-0.05, 0) is 42.7 Å². The summed E-state index contributed by atoms with van der Waals surface area (Å²) < 4.78 is 37.0. The van der Waals surface area contributed by atoms with Crippen LogP contribution in [0.5, 0.6) is 5.75 Å². The fourth-order valence-corrected chi connectivity index (χ4v) is 1.84. The molecule has 96 valence electrons. The second kappa shape index (κ2) is 4.54. The Labute approximate surface area is 96.7 Å². The second-order valence-electron chi connectivity index (χ2n) is 4.01. The maximum absolute atomic E-state index is 12.3. The minimum Gasteiger partial charge on any atom is -0.508 e. The monoisotopic (exact) mass is 249 g/mol. The van der Waals surface area contributed by atoms with E-state index in [1.54, 1.807) is 0 Å². The predicted octanol–water partition coefficient (Wildman–Crippen LogP) is 1.93. The van der Waals surface area contributed by atoms with E-state index in [0.717, 1.165) is 0 Å². The summed E-state index contributed by atoms with van der Waals surface area (Å²) in [6.07, 6.45) is -7.39. The van der Waals surface area contributed by atoms with Crippen molar-refractivity contribution in [2.45, 2.75) is 32.2 Å². The van der Waals surface area contributed by atoms with Crippen molar-refractivity contribution < 1.29 is 23.4 Å². The minimum atomic E-state index is -4.77. The molecule has 0 aromatic heterocycles. The highest BCUT2D eigenvalue weighted by molar-refractivity contribution is 5.42. The Morgan fingerprint density at radius 2 is 1.59 bits per heavy atom.